The van der Waals surface area contributed by atoms with Crippen LogP contribution in [0.25, 0.3) is 0 Å². The topological polar surface area (TPSA) is 43.4 Å². The van der Waals surface area contributed by atoms with E-state index in [-0.39, 0.29) is 0 Å². The third kappa shape index (κ3) is 7.97. The lowest BCUT2D eigenvalue weighted by Gasteiger charge is -2.28. The zero-order chi connectivity index (χ0) is 25.3. The van der Waals surface area contributed by atoms with Crippen LogP contribution >= 0.6 is 51.3 Å². The molecule has 1 aromatic heterocycles. The molecule has 2 N–H and O–H groups in total. The Kier molecular flexibility index (Phi) is 10.1. The Bertz CT molecular complexity index is 1140. The van der Waals surface area contributed by atoms with Gasteiger partial charge < -0.3 is 20.4 Å². The first kappa shape index (κ1) is 27.0. The zero-order valence-electron chi connectivity index (χ0n) is 20.0. The van der Waals surface area contributed by atoms with Crippen LogP contribution in [0.5, 0.6) is 0 Å². The standard InChI is InChI=1S/C27H30BrCl2N5S/c28-21-6-12-26(32-18-21)35(19-20-5-11-24(29)25(30)17-20)16-4-13-31-27(36)33-22-7-9-23(10-8-22)34-14-2-1-3-15-34/h5-12,17-18H,1-4,13-16,19H2,(H2,31,33,36). The average molecular weight is 607 g/mol. The van der Waals surface area contributed by atoms with E-state index in [2.05, 4.69) is 65.6 Å². The summed E-state index contributed by atoms with van der Waals surface area (Å²) in [5.74, 6) is 0.902. The number of pyridine rings is 1. The number of anilines is 3. The number of piperidine rings is 1. The van der Waals surface area contributed by atoms with E-state index in [1.54, 1.807) is 0 Å². The lowest BCUT2D eigenvalue weighted by Crippen LogP contribution is -2.32. The number of thiocarbonyl (C=S) groups is 1. The summed E-state index contributed by atoms with van der Waals surface area (Å²) in [4.78, 5) is 9.26. The van der Waals surface area contributed by atoms with Crippen molar-refractivity contribution >= 4 is 73.7 Å². The van der Waals surface area contributed by atoms with Gasteiger partial charge in [-0.1, -0.05) is 29.3 Å². The maximum Gasteiger partial charge on any atom is 0.170 e. The molecule has 0 spiro atoms. The number of nitrogens with one attached hydrogen (secondary N) is 2. The maximum absolute atomic E-state index is 6.23. The van der Waals surface area contributed by atoms with Crippen LogP contribution in [0, 0.1) is 0 Å². The van der Waals surface area contributed by atoms with Gasteiger partial charge in [0.2, 0.25) is 0 Å². The summed E-state index contributed by atoms with van der Waals surface area (Å²) >= 11 is 21.3. The van der Waals surface area contributed by atoms with Crippen LogP contribution in [0.3, 0.4) is 0 Å². The van der Waals surface area contributed by atoms with Gasteiger partial charge in [0.1, 0.15) is 5.82 Å². The van der Waals surface area contributed by atoms with Crippen molar-refractivity contribution in [2.75, 3.05) is 41.3 Å². The van der Waals surface area contributed by atoms with Gasteiger partial charge in [-0.15, -0.1) is 0 Å². The summed E-state index contributed by atoms with van der Waals surface area (Å²) in [7, 11) is 0. The molecule has 1 fully saturated rings. The molecule has 1 aliphatic heterocycles. The minimum absolute atomic E-state index is 0.555. The van der Waals surface area contributed by atoms with Crippen LogP contribution in [-0.4, -0.2) is 36.3 Å². The van der Waals surface area contributed by atoms with Crippen LogP contribution in [0.4, 0.5) is 17.2 Å². The maximum atomic E-state index is 6.23. The summed E-state index contributed by atoms with van der Waals surface area (Å²) in [6, 6.07) is 18.3. The van der Waals surface area contributed by atoms with E-state index in [0.29, 0.717) is 21.7 Å². The highest BCUT2D eigenvalue weighted by Gasteiger charge is 2.12. The molecular weight excluding hydrogens is 577 g/mol. The number of nitrogens with zero attached hydrogens (tertiary/aromatic N) is 3. The van der Waals surface area contributed by atoms with E-state index in [1.165, 1.54) is 24.9 Å². The average Bonchev–Trinajstić information content (AvgIpc) is 2.89. The van der Waals surface area contributed by atoms with Gasteiger partial charge in [-0.3, -0.25) is 0 Å². The molecule has 9 heteroatoms. The van der Waals surface area contributed by atoms with Crippen LogP contribution in [0.1, 0.15) is 31.2 Å². The van der Waals surface area contributed by atoms with Crippen molar-refractivity contribution in [3.8, 4) is 0 Å². The molecule has 1 saturated heterocycles. The second-order valence-corrected chi connectivity index (χ2v) is 11.0. The fourth-order valence-corrected chi connectivity index (χ4v) is 5.02. The molecule has 0 aliphatic carbocycles. The lowest BCUT2D eigenvalue weighted by molar-refractivity contribution is 0.578. The van der Waals surface area contributed by atoms with E-state index in [4.69, 9.17) is 35.4 Å². The smallest absolute Gasteiger partial charge is 0.170 e. The second-order valence-electron chi connectivity index (χ2n) is 8.83. The first-order chi connectivity index (χ1) is 17.5. The van der Waals surface area contributed by atoms with Crippen molar-refractivity contribution in [2.45, 2.75) is 32.2 Å². The van der Waals surface area contributed by atoms with Gasteiger partial charge >= 0.3 is 0 Å². The molecule has 0 radical (unpaired) electrons. The van der Waals surface area contributed by atoms with E-state index < -0.39 is 0 Å². The molecule has 4 rings (SSSR count). The van der Waals surface area contributed by atoms with Gasteiger partial charge in [0.05, 0.1) is 10.0 Å². The van der Waals surface area contributed by atoms with Gasteiger partial charge in [-0.2, -0.15) is 0 Å². The first-order valence-electron chi connectivity index (χ1n) is 12.2. The van der Waals surface area contributed by atoms with Crippen LogP contribution in [0.2, 0.25) is 10.0 Å². The van der Waals surface area contributed by atoms with Crippen molar-refractivity contribution in [1.82, 2.24) is 10.3 Å². The molecule has 2 heterocycles. The van der Waals surface area contributed by atoms with Crippen LogP contribution < -0.4 is 20.4 Å². The molecule has 36 heavy (non-hydrogen) atoms. The van der Waals surface area contributed by atoms with E-state index in [1.807, 2.05) is 36.5 Å². The van der Waals surface area contributed by atoms with Gasteiger partial charge in [-0.05, 0) is 108 Å². The SMILES string of the molecule is S=C(NCCCN(Cc1ccc(Cl)c(Cl)c1)c1ccc(Br)cn1)Nc1ccc(N2CCCCC2)cc1. The Labute approximate surface area is 237 Å². The molecule has 0 saturated carbocycles. The van der Waals surface area contributed by atoms with Crippen molar-refractivity contribution in [1.29, 1.82) is 0 Å². The predicted octanol–water partition coefficient (Wildman–Crippen LogP) is 7.52. The highest BCUT2D eigenvalue weighted by molar-refractivity contribution is 9.10. The van der Waals surface area contributed by atoms with Crippen molar-refractivity contribution < 1.29 is 0 Å². The summed E-state index contributed by atoms with van der Waals surface area (Å²) < 4.78 is 0.947. The van der Waals surface area contributed by atoms with Crippen molar-refractivity contribution in [3.05, 3.63) is 80.9 Å². The summed E-state index contributed by atoms with van der Waals surface area (Å²) in [6.07, 6.45) is 6.58. The van der Waals surface area contributed by atoms with Crippen LogP contribution in [-0.2, 0) is 6.54 Å². The first-order valence-corrected chi connectivity index (χ1v) is 14.1. The Balaban J connectivity index is 1.27. The number of rotatable bonds is 9. The molecule has 0 bridgehead atoms. The number of halogens is 3. The van der Waals surface area contributed by atoms with Crippen molar-refractivity contribution in [3.63, 3.8) is 0 Å². The normalized spacial score (nSPS) is 13.4. The number of hydrogen-bond acceptors (Lipinski definition) is 4. The number of benzene rings is 2. The van der Waals surface area contributed by atoms with E-state index >= 15 is 0 Å². The minimum Gasteiger partial charge on any atom is -0.372 e. The fraction of sp³-hybridized carbons (Fsp3) is 0.333. The van der Waals surface area contributed by atoms with Crippen LogP contribution in [0.15, 0.2) is 65.3 Å². The summed E-state index contributed by atoms with van der Waals surface area (Å²) in [5, 5.41) is 8.35. The Morgan fingerprint density at radius 2 is 1.78 bits per heavy atom. The molecule has 0 amide bonds. The molecule has 3 aromatic rings. The number of hydrogen-bond donors (Lipinski definition) is 2. The second kappa shape index (κ2) is 13.5. The van der Waals surface area contributed by atoms with Gasteiger partial charge in [-0.25, -0.2) is 4.98 Å². The fourth-order valence-electron chi connectivity index (χ4n) is 4.24. The molecular formula is C27H30BrCl2N5S. The Morgan fingerprint density at radius 1 is 1.00 bits per heavy atom. The lowest BCUT2D eigenvalue weighted by atomic mass is 10.1. The molecule has 0 atom stereocenters. The number of aromatic nitrogens is 1. The molecule has 2 aromatic carbocycles. The van der Waals surface area contributed by atoms with E-state index in [0.717, 1.165) is 54.1 Å². The third-order valence-electron chi connectivity index (χ3n) is 6.13. The molecule has 1 aliphatic rings. The van der Waals surface area contributed by atoms with Gasteiger partial charge in [0.15, 0.2) is 5.11 Å². The Morgan fingerprint density at radius 3 is 2.47 bits per heavy atom. The monoisotopic (exact) mass is 605 g/mol. The molecule has 190 valence electrons. The summed E-state index contributed by atoms with van der Waals surface area (Å²) in [5.41, 5.74) is 3.35. The van der Waals surface area contributed by atoms with E-state index in [9.17, 15) is 0 Å². The quantitative estimate of drug-likeness (QED) is 0.194. The van der Waals surface area contributed by atoms with Crippen molar-refractivity contribution in [2.24, 2.45) is 0 Å². The van der Waals surface area contributed by atoms with Gasteiger partial charge in [0, 0.05) is 54.8 Å². The highest BCUT2D eigenvalue weighted by atomic mass is 79.9. The Hall–Kier alpha value is -2.06. The minimum atomic E-state index is 0.555. The largest absolute Gasteiger partial charge is 0.372 e. The molecule has 0 unspecified atom stereocenters. The zero-order valence-corrected chi connectivity index (χ0v) is 23.9. The van der Waals surface area contributed by atoms with Gasteiger partial charge in [0.25, 0.3) is 0 Å². The summed E-state index contributed by atoms with van der Waals surface area (Å²) in [6.45, 7) is 4.51. The highest BCUT2D eigenvalue weighted by Crippen LogP contribution is 2.25. The predicted molar refractivity (Wildman–Crippen MR) is 161 cm³/mol. The molecule has 5 nitrogen and oxygen atoms in total. The third-order valence-corrected chi connectivity index (χ3v) is 7.58.